The first kappa shape index (κ1) is 21.4. The number of nitrogens with two attached hydrogens (primary N) is 1. The zero-order valence-electron chi connectivity index (χ0n) is 17.0. The normalized spacial score (nSPS) is 28.1. The van der Waals surface area contributed by atoms with Crippen LogP contribution in [0.2, 0.25) is 0 Å². The summed E-state index contributed by atoms with van der Waals surface area (Å²) in [6, 6.07) is 7.16. The number of carbonyl (C=O) groups excluding carboxylic acids is 3. The number of hydrogen-bond donors (Lipinski definition) is 3. The van der Waals surface area contributed by atoms with Crippen molar-refractivity contribution in [2.45, 2.75) is 63.4 Å². The Hall–Kier alpha value is -2.29. The molecule has 2 saturated heterocycles. The van der Waals surface area contributed by atoms with Gasteiger partial charge in [0, 0.05) is 6.54 Å². The number of benzene rings is 1. The lowest BCUT2D eigenvalue weighted by Crippen LogP contribution is -2.77. The second kappa shape index (κ2) is 7.85. The van der Waals surface area contributed by atoms with Gasteiger partial charge in [0.2, 0.25) is 11.8 Å². The van der Waals surface area contributed by atoms with Crippen molar-refractivity contribution in [3.8, 4) is 0 Å². The molecular formula is C21H29N3O5. The molecule has 0 bridgehead atoms. The maximum Gasteiger partial charge on any atom is 0.258 e. The van der Waals surface area contributed by atoms with Crippen LogP contribution in [0.15, 0.2) is 30.3 Å². The largest absolute Gasteiger partial charge is 0.393 e. The summed E-state index contributed by atoms with van der Waals surface area (Å²) in [5.74, 6) is -2.11. The molecule has 158 valence electrons. The standard InChI is InChI=1S/C21H29N3O5/c1-12(13(2)25)18(27)23-11-7-10-21(23)17(15-8-5-4-6-9-15)24(20(21)29)19(28)16(22)14(3)26/h4-6,8-9,12-14,16-17,25-26H,7,10-11,22H2,1-3H3. The second-order valence-corrected chi connectivity index (χ2v) is 8.14. The zero-order chi connectivity index (χ0) is 21.5. The van der Waals surface area contributed by atoms with Gasteiger partial charge < -0.3 is 20.8 Å². The van der Waals surface area contributed by atoms with Crippen LogP contribution in [0.4, 0.5) is 0 Å². The molecule has 6 atom stereocenters. The van der Waals surface area contributed by atoms with Crippen molar-refractivity contribution in [2.75, 3.05) is 6.54 Å². The molecule has 2 fully saturated rings. The molecule has 0 saturated carbocycles. The highest BCUT2D eigenvalue weighted by Crippen LogP contribution is 2.53. The number of rotatable bonds is 5. The van der Waals surface area contributed by atoms with E-state index in [0.29, 0.717) is 19.4 Å². The quantitative estimate of drug-likeness (QED) is 0.603. The predicted molar refractivity (Wildman–Crippen MR) is 105 cm³/mol. The van der Waals surface area contributed by atoms with E-state index in [0.717, 1.165) is 10.5 Å². The van der Waals surface area contributed by atoms with Crippen LogP contribution in [0, 0.1) is 5.92 Å². The number of aliphatic hydroxyl groups excluding tert-OH is 2. The number of imide groups is 1. The topological polar surface area (TPSA) is 124 Å². The molecule has 1 aromatic rings. The highest BCUT2D eigenvalue weighted by molar-refractivity contribution is 6.10. The Morgan fingerprint density at radius 1 is 1.10 bits per heavy atom. The Balaban J connectivity index is 2.04. The third kappa shape index (κ3) is 3.25. The lowest BCUT2D eigenvalue weighted by Gasteiger charge is -2.57. The fraction of sp³-hybridized carbons (Fsp3) is 0.571. The van der Waals surface area contributed by atoms with Crippen molar-refractivity contribution in [3.05, 3.63) is 35.9 Å². The minimum Gasteiger partial charge on any atom is -0.393 e. The van der Waals surface area contributed by atoms with E-state index in [1.165, 1.54) is 11.8 Å². The molecule has 8 nitrogen and oxygen atoms in total. The molecule has 3 rings (SSSR count). The highest BCUT2D eigenvalue weighted by atomic mass is 16.3. The molecular weight excluding hydrogens is 374 g/mol. The fourth-order valence-electron chi connectivity index (χ4n) is 4.35. The number of hydrogen-bond acceptors (Lipinski definition) is 6. The third-order valence-electron chi connectivity index (χ3n) is 6.26. The van der Waals surface area contributed by atoms with Gasteiger partial charge in [0.25, 0.3) is 5.91 Å². The molecule has 2 aliphatic rings. The molecule has 2 aliphatic heterocycles. The van der Waals surface area contributed by atoms with Gasteiger partial charge in [-0.3, -0.25) is 19.3 Å². The van der Waals surface area contributed by atoms with Crippen molar-refractivity contribution in [1.29, 1.82) is 0 Å². The van der Waals surface area contributed by atoms with Crippen LogP contribution in [0.1, 0.15) is 45.2 Å². The van der Waals surface area contributed by atoms with Gasteiger partial charge in [-0.1, -0.05) is 37.3 Å². The Labute approximate surface area is 170 Å². The van der Waals surface area contributed by atoms with Crippen molar-refractivity contribution in [2.24, 2.45) is 11.7 Å². The summed E-state index contributed by atoms with van der Waals surface area (Å²) in [4.78, 5) is 42.0. The number of likely N-dealkylation sites (tertiary alicyclic amines) is 2. The summed E-state index contributed by atoms with van der Waals surface area (Å²) in [7, 11) is 0. The highest BCUT2D eigenvalue weighted by Gasteiger charge is 2.69. The third-order valence-corrected chi connectivity index (χ3v) is 6.26. The van der Waals surface area contributed by atoms with Crippen molar-refractivity contribution in [1.82, 2.24) is 9.80 Å². The summed E-state index contributed by atoms with van der Waals surface area (Å²) >= 11 is 0. The van der Waals surface area contributed by atoms with E-state index >= 15 is 0 Å². The van der Waals surface area contributed by atoms with Crippen LogP contribution >= 0.6 is 0 Å². The first-order valence-corrected chi connectivity index (χ1v) is 10.00. The van der Waals surface area contributed by atoms with Crippen LogP contribution in [-0.2, 0) is 14.4 Å². The van der Waals surface area contributed by atoms with Crippen molar-refractivity contribution >= 4 is 17.7 Å². The number of aliphatic hydroxyl groups is 2. The van der Waals surface area contributed by atoms with Crippen molar-refractivity contribution in [3.63, 3.8) is 0 Å². The average Bonchev–Trinajstić information content (AvgIpc) is 3.17. The van der Waals surface area contributed by atoms with E-state index in [9.17, 15) is 24.6 Å². The Morgan fingerprint density at radius 2 is 1.72 bits per heavy atom. The summed E-state index contributed by atoms with van der Waals surface area (Å²) < 4.78 is 0. The van der Waals surface area contributed by atoms with E-state index in [1.54, 1.807) is 13.8 Å². The minimum absolute atomic E-state index is 0.307. The van der Waals surface area contributed by atoms with E-state index in [4.69, 9.17) is 5.73 Å². The lowest BCUT2D eigenvalue weighted by molar-refractivity contribution is -0.187. The van der Waals surface area contributed by atoms with Gasteiger partial charge in [-0.25, -0.2) is 0 Å². The maximum atomic E-state index is 13.4. The molecule has 0 aliphatic carbocycles. The van der Waals surface area contributed by atoms with Gasteiger partial charge in [0.05, 0.1) is 24.2 Å². The zero-order valence-corrected chi connectivity index (χ0v) is 17.0. The molecule has 29 heavy (non-hydrogen) atoms. The molecule has 4 N–H and O–H groups in total. The van der Waals surface area contributed by atoms with Crippen LogP contribution in [0.3, 0.4) is 0 Å². The predicted octanol–water partition coefficient (Wildman–Crippen LogP) is 0.183. The monoisotopic (exact) mass is 403 g/mol. The first-order valence-electron chi connectivity index (χ1n) is 10.00. The van der Waals surface area contributed by atoms with Gasteiger partial charge in [0.15, 0.2) is 0 Å². The molecule has 0 aromatic heterocycles. The van der Waals surface area contributed by atoms with E-state index in [-0.39, 0.29) is 5.91 Å². The van der Waals surface area contributed by atoms with Gasteiger partial charge in [-0.05, 0) is 32.3 Å². The first-order chi connectivity index (χ1) is 13.6. The minimum atomic E-state index is -1.23. The number of β-lactam (4-membered cyclic amide) rings is 1. The lowest BCUT2D eigenvalue weighted by atomic mass is 9.72. The van der Waals surface area contributed by atoms with Crippen LogP contribution < -0.4 is 5.73 Å². The second-order valence-electron chi connectivity index (χ2n) is 8.14. The molecule has 2 heterocycles. The maximum absolute atomic E-state index is 13.4. The molecule has 3 amide bonds. The van der Waals surface area contributed by atoms with Gasteiger partial charge in [0.1, 0.15) is 11.6 Å². The SMILES string of the molecule is CC(O)C(C)C(=O)N1CCCC12C(=O)N(C(=O)C(N)C(C)O)C2c1ccccc1. The smallest absolute Gasteiger partial charge is 0.258 e. The number of nitrogens with zero attached hydrogens (tertiary/aromatic N) is 2. The average molecular weight is 403 g/mol. The van der Waals surface area contributed by atoms with Gasteiger partial charge >= 0.3 is 0 Å². The van der Waals surface area contributed by atoms with E-state index in [1.807, 2.05) is 30.3 Å². The summed E-state index contributed by atoms with van der Waals surface area (Å²) in [6.07, 6.45) is -0.915. The number of amides is 3. The summed E-state index contributed by atoms with van der Waals surface area (Å²) in [5.41, 5.74) is 5.39. The van der Waals surface area contributed by atoms with Crippen LogP contribution in [0.25, 0.3) is 0 Å². The number of carbonyl (C=O) groups is 3. The van der Waals surface area contributed by atoms with E-state index in [2.05, 4.69) is 0 Å². The molecule has 1 aromatic carbocycles. The Kier molecular flexibility index (Phi) is 5.80. The van der Waals surface area contributed by atoms with E-state index < -0.39 is 47.6 Å². The summed E-state index contributed by atoms with van der Waals surface area (Å²) in [5, 5.41) is 19.7. The fourth-order valence-corrected chi connectivity index (χ4v) is 4.35. The van der Waals surface area contributed by atoms with Gasteiger partial charge in [-0.2, -0.15) is 0 Å². The molecule has 6 unspecified atom stereocenters. The molecule has 0 radical (unpaired) electrons. The Bertz CT molecular complexity index is 797. The molecule has 8 heteroatoms. The Morgan fingerprint density at radius 3 is 2.28 bits per heavy atom. The van der Waals surface area contributed by atoms with Crippen molar-refractivity contribution < 1.29 is 24.6 Å². The summed E-state index contributed by atoms with van der Waals surface area (Å²) in [6.45, 7) is 4.96. The van der Waals surface area contributed by atoms with Crippen LogP contribution in [0.5, 0.6) is 0 Å². The van der Waals surface area contributed by atoms with Crippen LogP contribution in [-0.4, -0.2) is 68.1 Å². The van der Waals surface area contributed by atoms with Gasteiger partial charge in [-0.15, -0.1) is 0 Å². The molecule has 1 spiro atoms.